The number of aryl methyl sites for hydroxylation is 1. The summed E-state index contributed by atoms with van der Waals surface area (Å²) in [5, 5.41) is 2.94. The molecule has 5 nitrogen and oxygen atoms in total. The first-order valence-electron chi connectivity index (χ1n) is 7.31. The normalized spacial score (nSPS) is 10.3. The molecule has 2 aromatic rings. The highest BCUT2D eigenvalue weighted by Crippen LogP contribution is 2.27. The van der Waals surface area contributed by atoms with Crippen molar-refractivity contribution in [2.75, 3.05) is 20.8 Å². The molecule has 0 bridgehead atoms. The Kier molecular flexibility index (Phi) is 5.89. The molecular weight excluding hydrogens is 280 g/mol. The van der Waals surface area contributed by atoms with Crippen LogP contribution in [0.2, 0.25) is 0 Å². The maximum absolute atomic E-state index is 11.8. The third kappa shape index (κ3) is 4.55. The predicted octanol–water partition coefficient (Wildman–Crippen LogP) is 2.25. The van der Waals surface area contributed by atoms with E-state index in [9.17, 15) is 4.79 Å². The van der Waals surface area contributed by atoms with Crippen molar-refractivity contribution in [1.29, 1.82) is 0 Å². The van der Waals surface area contributed by atoms with Gasteiger partial charge in [-0.1, -0.05) is 6.07 Å². The van der Waals surface area contributed by atoms with Crippen molar-refractivity contribution in [3.63, 3.8) is 0 Å². The fourth-order valence-electron chi connectivity index (χ4n) is 2.22. The van der Waals surface area contributed by atoms with E-state index in [-0.39, 0.29) is 5.91 Å². The Morgan fingerprint density at radius 1 is 1.14 bits per heavy atom. The van der Waals surface area contributed by atoms with E-state index in [0.717, 1.165) is 12.0 Å². The molecule has 1 N–H and O–H groups in total. The predicted molar refractivity (Wildman–Crippen MR) is 85.3 cm³/mol. The van der Waals surface area contributed by atoms with E-state index in [4.69, 9.17) is 9.47 Å². The van der Waals surface area contributed by atoms with Gasteiger partial charge in [0.05, 0.1) is 14.2 Å². The first kappa shape index (κ1) is 15.9. The van der Waals surface area contributed by atoms with Crippen LogP contribution in [-0.4, -0.2) is 31.2 Å². The second-order valence-corrected chi connectivity index (χ2v) is 4.96. The minimum absolute atomic E-state index is 0.0641. The van der Waals surface area contributed by atoms with E-state index >= 15 is 0 Å². The van der Waals surface area contributed by atoms with E-state index in [1.807, 2.05) is 47.3 Å². The van der Waals surface area contributed by atoms with Gasteiger partial charge in [0.15, 0.2) is 11.5 Å². The lowest BCUT2D eigenvalue weighted by Crippen LogP contribution is -2.26. The van der Waals surface area contributed by atoms with Crippen molar-refractivity contribution in [3.8, 4) is 11.5 Å². The highest BCUT2D eigenvalue weighted by molar-refractivity contribution is 5.75. The summed E-state index contributed by atoms with van der Waals surface area (Å²) in [7, 11) is 3.23. The number of benzene rings is 1. The molecule has 1 amide bonds. The van der Waals surface area contributed by atoms with Crippen LogP contribution in [-0.2, 0) is 17.8 Å². The number of carbonyl (C=O) groups excluding carboxylic acids is 1. The van der Waals surface area contributed by atoms with Gasteiger partial charge in [-0.3, -0.25) is 4.79 Å². The summed E-state index contributed by atoms with van der Waals surface area (Å²) in [4.78, 5) is 11.8. The third-order valence-corrected chi connectivity index (χ3v) is 3.45. The molecule has 0 aliphatic rings. The van der Waals surface area contributed by atoms with Crippen molar-refractivity contribution in [3.05, 3.63) is 48.3 Å². The molecule has 0 saturated heterocycles. The third-order valence-electron chi connectivity index (χ3n) is 3.45. The Morgan fingerprint density at radius 2 is 1.86 bits per heavy atom. The summed E-state index contributed by atoms with van der Waals surface area (Å²) in [6, 6.07) is 9.70. The number of carbonyl (C=O) groups is 1. The topological polar surface area (TPSA) is 52.5 Å². The lowest BCUT2D eigenvalue weighted by molar-refractivity contribution is -0.121. The Hall–Kier alpha value is -2.43. The van der Waals surface area contributed by atoms with Crippen LogP contribution in [0.25, 0.3) is 0 Å². The molecule has 0 spiro atoms. The molecule has 0 aliphatic carbocycles. The van der Waals surface area contributed by atoms with Gasteiger partial charge in [-0.25, -0.2) is 0 Å². The highest BCUT2D eigenvalue weighted by Gasteiger charge is 2.05. The van der Waals surface area contributed by atoms with Crippen molar-refractivity contribution >= 4 is 5.91 Å². The molecule has 118 valence electrons. The number of aromatic nitrogens is 1. The number of ether oxygens (including phenoxy) is 2. The summed E-state index contributed by atoms with van der Waals surface area (Å²) < 4.78 is 12.5. The average Bonchev–Trinajstić information content (AvgIpc) is 3.06. The van der Waals surface area contributed by atoms with Crippen molar-refractivity contribution in [1.82, 2.24) is 9.88 Å². The van der Waals surface area contributed by atoms with Crippen molar-refractivity contribution in [2.45, 2.75) is 19.4 Å². The van der Waals surface area contributed by atoms with Crippen molar-refractivity contribution < 1.29 is 14.3 Å². The number of hydrogen-bond acceptors (Lipinski definition) is 3. The smallest absolute Gasteiger partial charge is 0.221 e. The standard InChI is InChI=1S/C17H22N2O3/c1-21-15-6-5-14(13-16(15)22-2)7-9-18-17(20)8-12-19-10-3-4-11-19/h3-6,10-11,13H,7-9,12H2,1-2H3,(H,18,20). The zero-order chi connectivity index (χ0) is 15.8. The van der Waals surface area contributed by atoms with Gasteiger partial charge in [-0.2, -0.15) is 0 Å². The van der Waals surface area contributed by atoms with Crippen LogP contribution in [0.4, 0.5) is 0 Å². The lowest BCUT2D eigenvalue weighted by atomic mass is 10.1. The maximum atomic E-state index is 11.8. The SMILES string of the molecule is COc1ccc(CCNC(=O)CCn2cccc2)cc1OC. The van der Waals surface area contributed by atoms with E-state index in [2.05, 4.69) is 5.32 Å². The summed E-state index contributed by atoms with van der Waals surface area (Å²) in [5.41, 5.74) is 1.10. The van der Waals surface area contributed by atoms with Crippen LogP contribution >= 0.6 is 0 Å². The zero-order valence-electron chi connectivity index (χ0n) is 13.0. The molecule has 0 atom stereocenters. The van der Waals surface area contributed by atoms with Gasteiger partial charge in [0, 0.05) is 31.9 Å². The van der Waals surface area contributed by atoms with E-state index < -0.39 is 0 Å². The molecule has 1 heterocycles. The molecule has 0 unspecified atom stereocenters. The lowest BCUT2D eigenvalue weighted by Gasteiger charge is -2.10. The Labute approximate surface area is 130 Å². The minimum atomic E-state index is 0.0641. The maximum Gasteiger partial charge on any atom is 0.221 e. The van der Waals surface area contributed by atoms with Gasteiger partial charge in [0.1, 0.15) is 0 Å². The molecule has 1 aromatic carbocycles. The summed E-state index contributed by atoms with van der Waals surface area (Å²) >= 11 is 0. The quantitative estimate of drug-likeness (QED) is 0.814. The molecule has 22 heavy (non-hydrogen) atoms. The van der Waals surface area contributed by atoms with E-state index in [1.54, 1.807) is 14.2 Å². The first-order valence-corrected chi connectivity index (χ1v) is 7.31. The second-order valence-electron chi connectivity index (χ2n) is 4.96. The fourth-order valence-corrected chi connectivity index (χ4v) is 2.22. The van der Waals surface area contributed by atoms with Gasteiger partial charge in [0.25, 0.3) is 0 Å². The molecule has 2 rings (SSSR count). The Balaban J connectivity index is 1.74. The molecule has 1 aromatic heterocycles. The molecule has 0 fully saturated rings. The minimum Gasteiger partial charge on any atom is -0.493 e. The fraction of sp³-hybridized carbons (Fsp3) is 0.353. The first-order chi connectivity index (χ1) is 10.7. The molecule has 0 aliphatic heterocycles. The van der Waals surface area contributed by atoms with E-state index in [1.165, 1.54) is 0 Å². The molecule has 0 radical (unpaired) electrons. The number of nitrogens with one attached hydrogen (secondary N) is 1. The zero-order valence-corrected chi connectivity index (χ0v) is 13.0. The molecular formula is C17H22N2O3. The summed E-state index contributed by atoms with van der Waals surface area (Å²) in [6.07, 6.45) is 5.16. The van der Waals surface area contributed by atoms with Crippen LogP contribution in [0.15, 0.2) is 42.7 Å². The van der Waals surface area contributed by atoms with Crippen LogP contribution in [0.5, 0.6) is 11.5 Å². The Morgan fingerprint density at radius 3 is 2.55 bits per heavy atom. The van der Waals surface area contributed by atoms with Gasteiger partial charge in [0.2, 0.25) is 5.91 Å². The molecule has 0 saturated carbocycles. The van der Waals surface area contributed by atoms with Gasteiger partial charge < -0.3 is 19.4 Å². The summed E-state index contributed by atoms with van der Waals surface area (Å²) in [5.74, 6) is 1.48. The van der Waals surface area contributed by atoms with E-state index in [0.29, 0.717) is 31.0 Å². The van der Waals surface area contributed by atoms with Crippen LogP contribution in [0, 0.1) is 0 Å². The number of hydrogen-bond donors (Lipinski definition) is 1. The van der Waals surface area contributed by atoms with Gasteiger partial charge in [-0.05, 0) is 36.2 Å². The number of nitrogens with zero attached hydrogens (tertiary/aromatic N) is 1. The van der Waals surface area contributed by atoms with Gasteiger partial charge >= 0.3 is 0 Å². The highest BCUT2D eigenvalue weighted by atomic mass is 16.5. The largest absolute Gasteiger partial charge is 0.493 e. The van der Waals surface area contributed by atoms with Crippen molar-refractivity contribution in [2.24, 2.45) is 0 Å². The van der Waals surface area contributed by atoms with Crippen LogP contribution < -0.4 is 14.8 Å². The average molecular weight is 302 g/mol. The number of methoxy groups -OCH3 is 2. The summed E-state index contributed by atoms with van der Waals surface area (Å²) in [6.45, 7) is 1.31. The number of rotatable bonds is 8. The van der Waals surface area contributed by atoms with Crippen LogP contribution in [0.1, 0.15) is 12.0 Å². The monoisotopic (exact) mass is 302 g/mol. The van der Waals surface area contributed by atoms with Gasteiger partial charge in [-0.15, -0.1) is 0 Å². The van der Waals surface area contributed by atoms with Crippen LogP contribution in [0.3, 0.4) is 0 Å². The second kappa shape index (κ2) is 8.12. The molecule has 5 heteroatoms. The number of amides is 1. The Bertz CT molecular complexity index is 594.